The molecule has 0 bridgehead atoms. The molecule has 0 spiro atoms. The third-order valence-corrected chi connectivity index (χ3v) is 2.89. The molecular weight excluding hydrogens is 252 g/mol. The lowest BCUT2D eigenvalue weighted by atomic mass is 10.1. The van der Waals surface area contributed by atoms with E-state index in [-0.39, 0.29) is 0 Å². The molecule has 76 valence electrons. The van der Waals surface area contributed by atoms with Crippen molar-refractivity contribution in [3.63, 3.8) is 0 Å². The van der Waals surface area contributed by atoms with Gasteiger partial charge in [0, 0.05) is 4.47 Å². The van der Waals surface area contributed by atoms with E-state index >= 15 is 0 Å². The third kappa shape index (κ3) is 2.80. The Balaban J connectivity index is 2.02. The van der Waals surface area contributed by atoms with E-state index in [1.807, 2.05) is 18.2 Å². The van der Waals surface area contributed by atoms with Gasteiger partial charge in [-0.05, 0) is 24.1 Å². The van der Waals surface area contributed by atoms with Gasteiger partial charge in [0.1, 0.15) is 0 Å². The number of hydrogen-bond donors (Lipinski definition) is 1. The van der Waals surface area contributed by atoms with E-state index in [1.54, 1.807) is 12.5 Å². The second kappa shape index (κ2) is 4.94. The third-order valence-electron chi connectivity index (χ3n) is 2.11. The second-order valence-corrected chi connectivity index (χ2v) is 4.06. The van der Waals surface area contributed by atoms with Crippen LogP contribution < -0.4 is 0 Å². The Labute approximate surface area is 97.2 Å². The van der Waals surface area contributed by atoms with E-state index < -0.39 is 0 Å². The first kappa shape index (κ1) is 10.2. The van der Waals surface area contributed by atoms with E-state index in [1.165, 1.54) is 5.56 Å². The fourth-order valence-corrected chi connectivity index (χ4v) is 1.78. The summed E-state index contributed by atoms with van der Waals surface area (Å²) in [4.78, 5) is 6.98. The maximum atomic E-state index is 3.95. The molecule has 0 unspecified atom stereocenters. The first-order valence-electron chi connectivity index (χ1n) is 4.74. The minimum Gasteiger partial charge on any atom is -0.345 e. The predicted octanol–water partition coefficient (Wildman–Crippen LogP) is 3.43. The van der Waals surface area contributed by atoms with Crippen LogP contribution in [0.4, 0.5) is 0 Å². The molecule has 0 saturated heterocycles. The van der Waals surface area contributed by atoms with Crippen LogP contribution in [0, 0.1) is 0 Å². The van der Waals surface area contributed by atoms with Gasteiger partial charge in [-0.3, -0.25) is 0 Å². The zero-order valence-electron chi connectivity index (χ0n) is 8.15. The number of imidazole rings is 1. The van der Waals surface area contributed by atoms with Gasteiger partial charge in [-0.2, -0.15) is 0 Å². The van der Waals surface area contributed by atoms with Gasteiger partial charge < -0.3 is 4.98 Å². The number of rotatable bonds is 3. The van der Waals surface area contributed by atoms with Gasteiger partial charge in [0.2, 0.25) is 0 Å². The molecule has 2 nitrogen and oxygen atoms in total. The van der Waals surface area contributed by atoms with Gasteiger partial charge in [-0.25, -0.2) is 4.98 Å². The molecule has 2 aromatic rings. The van der Waals surface area contributed by atoms with E-state index in [0.29, 0.717) is 0 Å². The Morgan fingerprint density at radius 3 is 2.93 bits per heavy atom. The van der Waals surface area contributed by atoms with E-state index in [9.17, 15) is 0 Å². The van der Waals surface area contributed by atoms with Crippen LogP contribution in [0.1, 0.15) is 11.3 Å². The van der Waals surface area contributed by atoms with Gasteiger partial charge in [-0.1, -0.05) is 40.2 Å². The molecule has 3 heteroatoms. The quantitative estimate of drug-likeness (QED) is 0.902. The molecule has 0 aliphatic rings. The predicted molar refractivity (Wildman–Crippen MR) is 65.5 cm³/mol. The van der Waals surface area contributed by atoms with E-state index in [0.717, 1.165) is 16.6 Å². The molecule has 1 N–H and O–H groups in total. The zero-order valence-corrected chi connectivity index (χ0v) is 9.74. The first-order chi connectivity index (χ1) is 7.36. The highest BCUT2D eigenvalue weighted by molar-refractivity contribution is 9.10. The van der Waals surface area contributed by atoms with Crippen molar-refractivity contribution >= 4 is 22.0 Å². The Kier molecular flexibility index (Phi) is 3.35. The number of nitrogens with one attached hydrogen (secondary N) is 1. The summed E-state index contributed by atoms with van der Waals surface area (Å²) in [5.74, 6) is 0. The van der Waals surface area contributed by atoms with Gasteiger partial charge in [-0.15, -0.1) is 0 Å². The van der Waals surface area contributed by atoms with Crippen LogP contribution in [0.15, 0.2) is 47.3 Å². The fourth-order valence-electron chi connectivity index (χ4n) is 1.33. The molecule has 0 aliphatic heterocycles. The highest BCUT2D eigenvalue weighted by atomic mass is 79.9. The Hall–Kier alpha value is -1.35. The van der Waals surface area contributed by atoms with Crippen LogP contribution in [0.2, 0.25) is 0 Å². The molecule has 0 fully saturated rings. The molecular formula is C12H11BrN2. The largest absolute Gasteiger partial charge is 0.345 e. The summed E-state index contributed by atoms with van der Waals surface area (Å²) in [6.45, 7) is 0. The summed E-state index contributed by atoms with van der Waals surface area (Å²) < 4.78 is 1.15. The summed E-state index contributed by atoms with van der Waals surface area (Å²) in [5.41, 5.74) is 2.32. The zero-order chi connectivity index (χ0) is 10.5. The number of halogens is 1. The first-order valence-corrected chi connectivity index (χ1v) is 5.54. The van der Waals surface area contributed by atoms with Crippen molar-refractivity contribution in [2.24, 2.45) is 0 Å². The molecule has 2 rings (SSSR count). The van der Waals surface area contributed by atoms with Crippen LogP contribution in [0.25, 0.3) is 6.08 Å². The Morgan fingerprint density at radius 1 is 1.33 bits per heavy atom. The van der Waals surface area contributed by atoms with Crippen LogP contribution >= 0.6 is 15.9 Å². The fraction of sp³-hybridized carbons (Fsp3) is 0.0833. The molecule has 0 saturated carbocycles. The number of H-pyrrole nitrogens is 1. The number of aromatic nitrogens is 2. The maximum Gasteiger partial charge on any atom is 0.0924 e. The molecule has 1 aromatic heterocycles. The molecule has 0 amide bonds. The highest BCUT2D eigenvalue weighted by Crippen LogP contribution is 2.16. The van der Waals surface area contributed by atoms with Crippen LogP contribution in [0.3, 0.4) is 0 Å². The Morgan fingerprint density at radius 2 is 2.20 bits per heavy atom. The lowest BCUT2D eigenvalue weighted by molar-refractivity contribution is 1.25. The molecule has 0 aliphatic carbocycles. The molecule has 0 radical (unpaired) electrons. The van der Waals surface area contributed by atoms with Gasteiger partial charge in [0.15, 0.2) is 0 Å². The lowest BCUT2D eigenvalue weighted by Crippen LogP contribution is -1.81. The second-order valence-electron chi connectivity index (χ2n) is 3.20. The molecule has 15 heavy (non-hydrogen) atoms. The highest BCUT2D eigenvalue weighted by Gasteiger charge is 1.94. The van der Waals surface area contributed by atoms with Crippen LogP contribution in [0.5, 0.6) is 0 Å². The minimum absolute atomic E-state index is 0.917. The Bertz CT molecular complexity index is 446. The topological polar surface area (TPSA) is 28.7 Å². The SMILES string of the molecule is Brc1ccccc1CC=Cc1cnc[nH]1. The molecule has 1 aromatic carbocycles. The number of nitrogens with zero attached hydrogens (tertiary/aromatic N) is 1. The standard InChI is InChI=1S/C12H11BrN2/c13-12-7-2-1-4-10(12)5-3-6-11-8-14-9-15-11/h1-4,6-9H,5H2,(H,14,15). The average Bonchev–Trinajstić information content (AvgIpc) is 2.74. The van der Waals surface area contributed by atoms with E-state index in [2.05, 4.69) is 44.1 Å². The van der Waals surface area contributed by atoms with Crippen LogP contribution in [-0.2, 0) is 6.42 Å². The van der Waals surface area contributed by atoms with Crippen LogP contribution in [-0.4, -0.2) is 9.97 Å². The van der Waals surface area contributed by atoms with Crippen molar-refractivity contribution in [2.45, 2.75) is 6.42 Å². The average molecular weight is 263 g/mol. The molecule has 1 heterocycles. The summed E-state index contributed by atoms with van der Waals surface area (Å²) in [5, 5.41) is 0. The van der Waals surface area contributed by atoms with Crippen molar-refractivity contribution in [1.29, 1.82) is 0 Å². The number of allylic oxidation sites excluding steroid dienone is 1. The summed E-state index contributed by atoms with van der Waals surface area (Å²) in [6, 6.07) is 8.23. The monoisotopic (exact) mass is 262 g/mol. The summed E-state index contributed by atoms with van der Waals surface area (Å²) >= 11 is 3.52. The normalized spacial score (nSPS) is 11.0. The van der Waals surface area contributed by atoms with Crippen molar-refractivity contribution in [3.8, 4) is 0 Å². The number of benzene rings is 1. The summed E-state index contributed by atoms with van der Waals surface area (Å²) in [6.07, 6.45) is 8.55. The maximum absolute atomic E-state index is 3.95. The van der Waals surface area contributed by atoms with Gasteiger partial charge in [0.25, 0.3) is 0 Å². The van der Waals surface area contributed by atoms with Crippen molar-refractivity contribution in [2.75, 3.05) is 0 Å². The van der Waals surface area contributed by atoms with Crippen molar-refractivity contribution in [1.82, 2.24) is 9.97 Å². The summed E-state index contributed by atoms with van der Waals surface area (Å²) in [7, 11) is 0. The smallest absolute Gasteiger partial charge is 0.0924 e. The molecule has 0 atom stereocenters. The van der Waals surface area contributed by atoms with Gasteiger partial charge >= 0.3 is 0 Å². The minimum atomic E-state index is 0.917. The van der Waals surface area contributed by atoms with E-state index in [4.69, 9.17) is 0 Å². The van der Waals surface area contributed by atoms with Gasteiger partial charge in [0.05, 0.1) is 18.2 Å². The van der Waals surface area contributed by atoms with Crippen molar-refractivity contribution in [3.05, 3.63) is 58.6 Å². The number of hydrogen-bond acceptors (Lipinski definition) is 1. The number of aromatic amines is 1. The van der Waals surface area contributed by atoms with Crippen molar-refractivity contribution < 1.29 is 0 Å². The lowest BCUT2D eigenvalue weighted by Gasteiger charge is -1.98.